The van der Waals surface area contributed by atoms with Gasteiger partial charge in [-0.05, 0) is 61.7 Å². The van der Waals surface area contributed by atoms with Gasteiger partial charge in [-0.3, -0.25) is 0 Å². The molecule has 24 heavy (non-hydrogen) atoms. The van der Waals surface area contributed by atoms with Crippen LogP contribution in [-0.4, -0.2) is 93.3 Å². The molecular formula is C17H42ClN3O3. The fraction of sp³-hybridized carbons (Fsp3) is 0.941. The Balaban J connectivity index is -0.000000241. The minimum Gasteiger partial charge on any atom is -0.444 e. The molecule has 0 saturated heterocycles. The average molecular weight is 380 g/mol. The molecule has 7 heteroatoms. The molecule has 0 radical (unpaired) electrons. The molecule has 6 nitrogen and oxygen atoms in total. The number of likely N-dealkylation sites (N-methyl/N-ethyl adjacent to an activating group) is 2. The molecule has 0 aliphatic heterocycles. The van der Waals surface area contributed by atoms with Crippen molar-refractivity contribution < 1.29 is 25.6 Å². The Labute approximate surface area is 167 Å². The van der Waals surface area contributed by atoms with Crippen LogP contribution in [-0.2, 0) is 4.74 Å². The average Bonchev–Trinajstić information content (AvgIpc) is 2.61. The number of aliphatic hydroxyl groups excluding tert-OH is 1. The molecule has 0 atom stereocenters. The number of amides is 1. The second-order valence-electron chi connectivity index (χ2n) is 5.78. The first-order valence-electron chi connectivity index (χ1n) is 11.9. The van der Waals surface area contributed by atoms with Crippen LogP contribution in [0.2, 0.25) is 0 Å². The number of hydrogen-bond donors (Lipinski definition) is 1. The van der Waals surface area contributed by atoms with Crippen molar-refractivity contribution in [2.75, 3.05) is 61.8 Å². The van der Waals surface area contributed by atoms with Gasteiger partial charge in [-0.1, -0.05) is 13.3 Å². The van der Waals surface area contributed by atoms with Crippen molar-refractivity contribution in [2.45, 2.75) is 46.1 Å². The number of aliphatic hydroxyl groups is 1. The molecule has 0 unspecified atom stereocenters. The van der Waals surface area contributed by atoms with E-state index in [1.165, 1.54) is 16.8 Å². The van der Waals surface area contributed by atoms with Crippen molar-refractivity contribution in [1.82, 2.24) is 14.7 Å². The molecular weight excluding hydrogens is 330 g/mol. The fourth-order valence-corrected chi connectivity index (χ4v) is 1.05. The highest BCUT2D eigenvalue weighted by Gasteiger charge is 2.19. The first-order valence-corrected chi connectivity index (χ1v) is 7.47. The number of rotatable bonds is 6. The predicted octanol–water partition coefficient (Wildman–Crippen LogP) is 2.79. The Bertz CT molecular complexity index is 464. The zero-order valence-corrected chi connectivity index (χ0v) is 16.8. The van der Waals surface area contributed by atoms with E-state index in [0.29, 0.717) is 6.54 Å². The molecule has 150 valence electrons. The standard InChI is InChI=1S/C10H22N2O2.C6H15N.CH4O.ClH/c1-10(2,3)14-9(13)12(6)8-7-11(4)5;1-4-5-6-7(2)3;1-2;/h7-8H2,1-6H3;4-6H2,1-3H3;2H,1H3;1H/i4D,5D3;2D,3D3;;. The van der Waals surface area contributed by atoms with E-state index < -0.39 is 25.6 Å². The highest BCUT2D eigenvalue weighted by molar-refractivity contribution is 5.85. The SMILES string of the molecule is CO.Cl.[2H]CN(CCCC)C([2H])([2H])[2H].[2H]CN(CCN(C)C(=O)OC(C)(C)C)C([2H])([2H])[2H]. The van der Waals surface area contributed by atoms with Crippen LogP contribution in [0.25, 0.3) is 0 Å². The Hall–Kier alpha value is -0.560. The van der Waals surface area contributed by atoms with Crippen LogP contribution in [0, 0.1) is 0 Å². The summed E-state index contributed by atoms with van der Waals surface area (Å²) >= 11 is 0. The van der Waals surface area contributed by atoms with Gasteiger partial charge in [-0.15, -0.1) is 12.4 Å². The van der Waals surface area contributed by atoms with Crippen molar-refractivity contribution in [1.29, 1.82) is 0 Å². The van der Waals surface area contributed by atoms with Gasteiger partial charge in [-0.2, -0.15) is 0 Å². The molecule has 0 saturated carbocycles. The number of ether oxygens (including phenoxy) is 1. The van der Waals surface area contributed by atoms with Crippen LogP contribution in [0.1, 0.15) is 51.5 Å². The third-order valence-electron chi connectivity index (χ3n) is 2.19. The second-order valence-corrected chi connectivity index (χ2v) is 5.78. The maximum absolute atomic E-state index is 11.6. The fourth-order valence-electron chi connectivity index (χ4n) is 1.05. The first kappa shape index (κ1) is 15.7. The summed E-state index contributed by atoms with van der Waals surface area (Å²) in [6, 6.07) is 0. The zero-order valence-electron chi connectivity index (χ0n) is 24.0. The largest absolute Gasteiger partial charge is 0.444 e. The molecule has 1 N–H and O–H groups in total. The van der Waals surface area contributed by atoms with Gasteiger partial charge < -0.3 is 24.5 Å². The number of hydrogen-bond acceptors (Lipinski definition) is 5. The lowest BCUT2D eigenvalue weighted by Crippen LogP contribution is -2.37. The summed E-state index contributed by atoms with van der Waals surface area (Å²) in [5.74, 6) is 0. The lowest BCUT2D eigenvalue weighted by atomic mass is 10.2. The summed E-state index contributed by atoms with van der Waals surface area (Å²) in [6.07, 6.45) is 1.31. The maximum Gasteiger partial charge on any atom is 0.410 e. The van der Waals surface area contributed by atoms with Crippen molar-refractivity contribution >= 4 is 18.5 Å². The van der Waals surface area contributed by atoms with E-state index >= 15 is 0 Å². The maximum atomic E-state index is 11.6. The van der Waals surface area contributed by atoms with Gasteiger partial charge >= 0.3 is 6.09 Å². The topological polar surface area (TPSA) is 56.2 Å². The molecule has 0 heterocycles. The normalized spacial score (nSPS) is 15.9. The lowest BCUT2D eigenvalue weighted by Gasteiger charge is -2.25. The molecule has 0 fully saturated rings. The third kappa shape index (κ3) is 29.5. The Kier molecular flexibility index (Phi) is 12.3. The molecule has 0 aromatic carbocycles. The highest BCUT2D eigenvalue weighted by Crippen LogP contribution is 2.08. The number of carbonyl (C=O) groups is 1. The van der Waals surface area contributed by atoms with Crippen LogP contribution in [0.3, 0.4) is 0 Å². The minimum atomic E-state index is -2.31. The van der Waals surface area contributed by atoms with E-state index in [-0.39, 0.29) is 39.5 Å². The summed E-state index contributed by atoms with van der Waals surface area (Å²) < 4.78 is 61.8. The van der Waals surface area contributed by atoms with E-state index in [1.54, 1.807) is 20.8 Å². The Morgan fingerprint density at radius 2 is 1.58 bits per heavy atom. The number of carbonyl (C=O) groups excluding carboxylic acids is 1. The van der Waals surface area contributed by atoms with Gasteiger partial charge in [0.25, 0.3) is 0 Å². The quantitative estimate of drug-likeness (QED) is 0.768. The van der Waals surface area contributed by atoms with E-state index in [1.807, 2.05) is 6.92 Å². The summed E-state index contributed by atoms with van der Waals surface area (Å²) in [6.45, 7) is 3.69. The van der Waals surface area contributed by atoms with Crippen LogP contribution in [0.5, 0.6) is 0 Å². The molecule has 1 amide bonds. The van der Waals surface area contributed by atoms with E-state index in [2.05, 4.69) is 0 Å². The molecule has 0 aromatic rings. The van der Waals surface area contributed by atoms with Gasteiger partial charge in [0.05, 0.1) is 0 Å². The molecule has 0 aliphatic rings. The Morgan fingerprint density at radius 3 is 1.96 bits per heavy atom. The summed E-state index contributed by atoms with van der Waals surface area (Å²) in [7, 11) is 2.06. The predicted molar refractivity (Wildman–Crippen MR) is 106 cm³/mol. The molecule has 0 bridgehead atoms. The lowest BCUT2D eigenvalue weighted by molar-refractivity contribution is 0.0290. The first-order chi connectivity index (χ1) is 14.0. The summed E-state index contributed by atoms with van der Waals surface area (Å²) in [5.41, 5.74) is -0.579. The monoisotopic (exact) mass is 379 g/mol. The van der Waals surface area contributed by atoms with Gasteiger partial charge in [0.2, 0.25) is 0 Å². The van der Waals surface area contributed by atoms with Crippen LogP contribution in [0.4, 0.5) is 4.79 Å². The van der Waals surface area contributed by atoms with Crippen LogP contribution < -0.4 is 0 Å². The molecule has 0 aromatic heterocycles. The van der Waals surface area contributed by atoms with Gasteiger partial charge in [-0.25, -0.2) is 4.79 Å². The zero-order chi connectivity index (χ0) is 25.5. The number of nitrogens with zero attached hydrogens (tertiary/aromatic N) is 3. The number of unbranched alkanes of at least 4 members (excludes halogenated alkanes) is 1. The van der Waals surface area contributed by atoms with E-state index in [0.717, 1.165) is 24.9 Å². The molecule has 0 spiro atoms. The summed E-state index contributed by atoms with van der Waals surface area (Å²) in [5, 5.41) is 7.00. The molecule has 0 rings (SSSR count). The van der Waals surface area contributed by atoms with Gasteiger partial charge in [0.15, 0.2) is 0 Å². The van der Waals surface area contributed by atoms with E-state index in [4.69, 9.17) is 20.8 Å². The minimum absolute atomic E-state index is 0. The summed E-state index contributed by atoms with van der Waals surface area (Å²) in [4.78, 5) is 15.1. The third-order valence-corrected chi connectivity index (χ3v) is 2.19. The number of halogens is 1. The highest BCUT2D eigenvalue weighted by atomic mass is 35.5. The molecule has 0 aliphatic carbocycles. The van der Waals surface area contributed by atoms with Crippen molar-refractivity contribution in [3.05, 3.63) is 0 Å². The Morgan fingerprint density at radius 1 is 1.08 bits per heavy atom. The van der Waals surface area contributed by atoms with Crippen molar-refractivity contribution in [3.8, 4) is 0 Å². The van der Waals surface area contributed by atoms with Crippen LogP contribution >= 0.6 is 12.4 Å². The van der Waals surface area contributed by atoms with Gasteiger partial charge in [0.1, 0.15) is 5.60 Å². The van der Waals surface area contributed by atoms with Gasteiger partial charge in [0, 0.05) is 38.2 Å². The van der Waals surface area contributed by atoms with Crippen molar-refractivity contribution in [2.24, 2.45) is 0 Å². The smallest absolute Gasteiger partial charge is 0.410 e. The van der Waals surface area contributed by atoms with Crippen molar-refractivity contribution in [3.63, 3.8) is 0 Å². The van der Waals surface area contributed by atoms with E-state index in [9.17, 15) is 4.79 Å². The second kappa shape index (κ2) is 18.8. The van der Waals surface area contributed by atoms with Crippen LogP contribution in [0.15, 0.2) is 0 Å².